The molecule has 0 aliphatic heterocycles. The summed E-state index contributed by atoms with van der Waals surface area (Å²) in [7, 11) is 0. The quantitative estimate of drug-likeness (QED) is 0.808. The molecule has 0 saturated carbocycles. The smallest absolute Gasteiger partial charge is 0.123 e. The van der Waals surface area contributed by atoms with Crippen molar-refractivity contribution >= 4 is 5.69 Å². The van der Waals surface area contributed by atoms with Gasteiger partial charge in [0.05, 0.1) is 0 Å². The van der Waals surface area contributed by atoms with Crippen LogP contribution in [0.4, 0.5) is 10.1 Å². The van der Waals surface area contributed by atoms with E-state index in [1.54, 1.807) is 12.1 Å². The maximum absolute atomic E-state index is 12.7. The SMILES string of the molecule is CCC(N)CN(CC)c1ccc(F)cc1. The zero-order valence-corrected chi connectivity index (χ0v) is 9.41. The number of nitrogens with zero attached hydrogens (tertiary/aromatic N) is 1. The van der Waals surface area contributed by atoms with E-state index in [2.05, 4.69) is 18.7 Å². The van der Waals surface area contributed by atoms with Crippen LogP contribution in [0, 0.1) is 5.82 Å². The molecule has 2 N–H and O–H groups in total. The Morgan fingerprint density at radius 3 is 2.33 bits per heavy atom. The van der Waals surface area contributed by atoms with E-state index in [0.29, 0.717) is 0 Å². The molecule has 0 aromatic heterocycles. The first-order valence-corrected chi connectivity index (χ1v) is 5.43. The zero-order chi connectivity index (χ0) is 11.3. The molecule has 2 nitrogen and oxygen atoms in total. The molecular formula is C12H19FN2. The van der Waals surface area contributed by atoms with E-state index in [4.69, 9.17) is 5.73 Å². The summed E-state index contributed by atoms with van der Waals surface area (Å²) in [6.07, 6.45) is 0.956. The molecule has 0 fully saturated rings. The highest BCUT2D eigenvalue weighted by atomic mass is 19.1. The van der Waals surface area contributed by atoms with Crippen molar-refractivity contribution in [2.75, 3.05) is 18.0 Å². The molecule has 1 aromatic carbocycles. The molecule has 0 spiro atoms. The lowest BCUT2D eigenvalue weighted by Crippen LogP contribution is -2.37. The molecular weight excluding hydrogens is 191 g/mol. The van der Waals surface area contributed by atoms with Gasteiger partial charge in [-0.2, -0.15) is 0 Å². The predicted octanol–water partition coefficient (Wildman–Crippen LogP) is 2.39. The third-order valence-corrected chi connectivity index (χ3v) is 2.55. The molecule has 1 atom stereocenters. The first kappa shape index (κ1) is 12.0. The van der Waals surface area contributed by atoms with Gasteiger partial charge in [0.25, 0.3) is 0 Å². The number of hydrogen-bond donors (Lipinski definition) is 1. The Morgan fingerprint density at radius 2 is 1.87 bits per heavy atom. The number of benzene rings is 1. The normalized spacial score (nSPS) is 12.5. The Balaban J connectivity index is 2.69. The highest BCUT2D eigenvalue weighted by Gasteiger charge is 2.08. The summed E-state index contributed by atoms with van der Waals surface area (Å²) in [5.74, 6) is -0.199. The molecule has 0 radical (unpaired) electrons. The van der Waals surface area contributed by atoms with Crippen molar-refractivity contribution in [3.05, 3.63) is 30.1 Å². The average Bonchev–Trinajstić information content (AvgIpc) is 2.27. The Bertz CT molecular complexity index is 284. The highest BCUT2D eigenvalue weighted by molar-refractivity contribution is 5.46. The Labute approximate surface area is 90.9 Å². The van der Waals surface area contributed by atoms with Gasteiger partial charge in [-0.1, -0.05) is 6.92 Å². The van der Waals surface area contributed by atoms with Crippen molar-refractivity contribution in [2.45, 2.75) is 26.3 Å². The largest absolute Gasteiger partial charge is 0.370 e. The lowest BCUT2D eigenvalue weighted by Gasteiger charge is -2.26. The Morgan fingerprint density at radius 1 is 1.27 bits per heavy atom. The maximum Gasteiger partial charge on any atom is 0.123 e. The fourth-order valence-electron chi connectivity index (χ4n) is 1.48. The summed E-state index contributed by atoms with van der Waals surface area (Å²) in [4.78, 5) is 2.16. The van der Waals surface area contributed by atoms with Crippen LogP contribution in [0.1, 0.15) is 20.3 Å². The topological polar surface area (TPSA) is 29.3 Å². The lowest BCUT2D eigenvalue weighted by atomic mass is 10.2. The Hall–Kier alpha value is -1.09. The second kappa shape index (κ2) is 5.71. The summed E-state index contributed by atoms with van der Waals surface area (Å²) < 4.78 is 12.7. The van der Waals surface area contributed by atoms with Gasteiger partial charge in [0.2, 0.25) is 0 Å². The second-order valence-corrected chi connectivity index (χ2v) is 3.68. The van der Waals surface area contributed by atoms with Crippen LogP contribution in [0.15, 0.2) is 24.3 Å². The van der Waals surface area contributed by atoms with Gasteiger partial charge in [-0.05, 0) is 37.6 Å². The van der Waals surface area contributed by atoms with E-state index < -0.39 is 0 Å². The molecule has 1 rings (SSSR count). The monoisotopic (exact) mass is 210 g/mol. The van der Waals surface area contributed by atoms with Gasteiger partial charge in [0, 0.05) is 24.8 Å². The summed E-state index contributed by atoms with van der Waals surface area (Å²) in [6.45, 7) is 5.85. The molecule has 1 aromatic rings. The zero-order valence-electron chi connectivity index (χ0n) is 9.41. The Kier molecular flexibility index (Phi) is 4.56. The molecule has 0 heterocycles. The van der Waals surface area contributed by atoms with Crippen LogP contribution in [-0.4, -0.2) is 19.1 Å². The van der Waals surface area contributed by atoms with Gasteiger partial charge in [-0.15, -0.1) is 0 Å². The van der Waals surface area contributed by atoms with Gasteiger partial charge in [0.1, 0.15) is 5.82 Å². The molecule has 0 aliphatic rings. The minimum Gasteiger partial charge on any atom is -0.370 e. The number of nitrogens with two attached hydrogens (primary N) is 1. The van der Waals surface area contributed by atoms with Crippen molar-refractivity contribution in [2.24, 2.45) is 5.73 Å². The maximum atomic E-state index is 12.7. The van der Waals surface area contributed by atoms with E-state index in [0.717, 1.165) is 25.2 Å². The van der Waals surface area contributed by atoms with Crippen molar-refractivity contribution in [1.29, 1.82) is 0 Å². The van der Waals surface area contributed by atoms with Crippen LogP contribution in [0.5, 0.6) is 0 Å². The predicted molar refractivity (Wildman–Crippen MR) is 62.6 cm³/mol. The van der Waals surface area contributed by atoms with Crippen LogP contribution in [0.2, 0.25) is 0 Å². The number of rotatable bonds is 5. The number of likely N-dealkylation sites (N-methyl/N-ethyl adjacent to an activating group) is 1. The van der Waals surface area contributed by atoms with Crippen LogP contribution in [-0.2, 0) is 0 Å². The van der Waals surface area contributed by atoms with Crippen LogP contribution >= 0.6 is 0 Å². The molecule has 0 saturated heterocycles. The van der Waals surface area contributed by atoms with E-state index in [1.165, 1.54) is 12.1 Å². The standard InChI is InChI=1S/C12H19FN2/c1-3-11(14)9-15(4-2)12-7-5-10(13)6-8-12/h5-8,11H,3-4,9,14H2,1-2H3. The fraction of sp³-hybridized carbons (Fsp3) is 0.500. The van der Waals surface area contributed by atoms with Crippen LogP contribution in [0.3, 0.4) is 0 Å². The minimum atomic E-state index is -0.199. The highest BCUT2D eigenvalue weighted by Crippen LogP contribution is 2.14. The van der Waals surface area contributed by atoms with Gasteiger partial charge >= 0.3 is 0 Å². The second-order valence-electron chi connectivity index (χ2n) is 3.68. The van der Waals surface area contributed by atoms with E-state index in [-0.39, 0.29) is 11.9 Å². The molecule has 1 unspecified atom stereocenters. The van der Waals surface area contributed by atoms with Gasteiger partial charge in [-0.3, -0.25) is 0 Å². The molecule has 15 heavy (non-hydrogen) atoms. The summed E-state index contributed by atoms with van der Waals surface area (Å²) in [5.41, 5.74) is 6.93. The van der Waals surface area contributed by atoms with Gasteiger partial charge in [0.15, 0.2) is 0 Å². The molecule has 0 amide bonds. The van der Waals surface area contributed by atoms with E-state index in [1.807, 2.05) is 0 Å². The molecule has 84 valence electrons. The van der Waals surface area contributed by atoms with Crippen LogP contribution in [0.25, 0.3) is 0 Å². The lowest BCUT2D eigenvalue weighted by molar-refractivity contribution is 0.617. The van der Waals surface area contributed by atoms with Gasteiger partial charge in [-0.25, -0.2) is 4.39 Å². The van der Waals surface area contributed by atoms with Crippen LogP contribution < -0.4 is 10.6 Å². The summed E-state index contributed by atoms with van der Waals surface area (Å²) in [6, 6.07) is 6.72. The van der Waals surface area contributed by atoms with E-state index >= 15 is 0 Å². The number of hydrogen-bond acceptors (Lipinski definition) is 2. The third-order valence-electron chi connectivity index (χ3n) is 2.55. The molecule has 3 heteroatoms. The summed E-state index contributed by atoms with van der Waals surface area (Å²) >= 11 is 0. The minimum absolute atomic E-state index is 0.176. The van der Waals surface area contributed by atoms with Gasteiger partial charge < -0.3 is 10.6 Å². The molecule has 0 aliphatic carbocycles. The van der Waals surface area contributed by atoms with Crippen molar-refractivity contribution < 1.29 is 4.39 Å². The third kappa shape index (κ3) is 3.51. The van der Waals surface area contributed by atoms with Crippen molar-refractivity contribution in [1.82, 2.24) is 0 Å². The fourth-order valence-corrected chi connectivity index (χ4v) is 1.48. The average molecular weight is 210 g/mol. The number of halogens is 1. The van der Waals surface area contributed by atoms with E-state index in [9.17, 15) is 4.39 Å². The molecule has 0 bridgehead atoms. The van der Waals surface area contributed by atoms with Crippen molar-refractivity contribution in [3.8, 4) is 0 Å². The number of anilines is 1. The first-order valence-electron chi connectivity index (χ1n) is 5.43. The summed E-state index contributed by atoms with van der Waals surface area (Å²) in [5, 5.41) is 0. The van der Waals surface area contributed by atoms with Crippen molar-refractivity contribution in [3.63, 3.8) is 0 Å². The first-order chi connectivity index (χ1) is 7.17.